The topological polar surface area (TPSA) is 93.2 Å². The number of ether oxygens (including phenoxy) is 1. The number of amides is 2. The number of nitrogens with one attached hydrogen (secondary N) is 2. The number of halogens is 4. The Balaban J connectivity index is 1.94. The minimum Gasteiger partial charge on any atom is -0.471 e. The highest BCUT2D eigenvalue weighted by atomic mass is 19.3. The number of rotatable bonds is 9. The molecule has 0 aliphatic rings. The maximum absolute atomic E-state index is 12.9. The van der Waals surface area contributed by atoms with E-state index in [1.54, 1.807) is 19.9 Å². The zero-order valence-corrected chi connectivity index (χ0v) is 16.2. The lowest BCUT2D eigenvalue weighted by Crippen LogP contribution is -2.33. The number of hydrogen-bond donors (Lipinski definition) is 2. The number of aryl methyl sites for hydroxylation is 1. The molecule has 2 N–H and O–H groups in total. The number of hydrogen-bond acceptors (Lipinski definition) is 5. The fourth-order valence-corrected chi connectivity index (χ4v) is 2.21. The highest BCUT2D eigenvalue weighted by Crippen LogP contribution is 2.23. The fraction of sp³-hybridized carbons (Fsp3) is 0.368. The molecular formula is C19H20F4N4O3. The van der Waals surface area contributed by atoms with Crippen LogP contribution in [0.2, 0.25) is 0 Å². The summed E-state index contributed by atoms with van der Waals surface area (Å²) in [5.41, 5.74) is 1.36. The average molecular weight is 428 g/mol. The van der Waals surface area contributed by atoms with E-state index in [9.17, 15) is 27.2 Å². The number of alkyl halides is 4. The Morgan fingerprint density at radius 1 is 1.23 bits per heavy atom. The van der Waals surface area contributed by atoms with Crippen LogP contribution in [-0.4, -0.2) is 40.7 Å². The first-order valence-electron chi connectivity index (χ1n) is 8.91. The molecule has 2 heterocycles. The van der Waals surface area contributed by atoms with Crippen molar-refractivity contribution in [2.45, 2.75) is 39.2 Å². The van der Waals surface area contributed by atoms with Crippen molar-refractivity contribution < 1.29 is 31.9 Å². The molecule has 0 aromatic carbocycles. The lowest BCUT2D eigenvalue weighted by molar-refractivity contribution is -0.148. The molecular weight excluding hydrogens is 408 g/mol. The van der Waals surface area contributed by atoms with E-state index in [-0.39, 0.29) is 36.1 Å². The second-order valence-corrected chi connectivity index (χ2v) is 6.32. The van der Waals surface area contributed by atoms with Crippen LogP contribution in [0.5, 0.6) is 5.88 Å². The Morgan fingerprint density at radius 2 is 1.97 bits per heavy atom. The molecule has 0 radical (unpaired) electrons. The molecule has 2 amide bonds. The third-order valence-corrected chi connectivity index (χ3v) is 3.79. The molecule has 2 aromatic rings. The van der Waals surface area contributed by atoms with Crippen LogP contribution in [0.4, 0.5) is 23.4 Å². The van der Waals surface area contributed by atoms with Crippen LogP contribution in [0.1, 0.15) is 35.0 Å². The first kappa shape index (κ1) is 23.0. The highest BCUT2D eigenvalue weighted by molar-refractivity contribution is 5.96. The summed E-state index contributed by atoms with van der Waals surface area (Å²) < 4.78 is 54.5. The van der Waals surface area contributed by atoms with Gasteiger partial charge in [0.2, 0.25) is 11.8 Å². The van der Waals surface area contributed by atoms with Gasteiger partial charge < -0.3 is 15.4 Å². The summed E-state index contributed by atoms with van der Waals surface area (Å²) in [5.74, 6) is -4.92. The van der Waals surface area contributed by atoms with Gasteiger partial charge in [-0.2, -0.15) is 8.78 Å². The van der Waals surface area contributed by atoms with E-state index < -0.39 is 24.9 Å². The van der Waals surface area contributed by atoms with E-state index in [4.69, 9.17) is 0 Å². The Morgan fingerprint density at radius 3 is 2.57 bits per heavy atom. The van der Waals surface area contributed by atoms with Crippen molar-refractivity contribution in [2.75, 3.05) is 11.9 Å². The van der Waals surface area contributed by atoms with Gasteiger partial charge in [-0.25, -0.2) is 18.7 Å². The Hall–Kier alpha value is -3.24. The normalized spacial score (nSPS) is 11.3. The van der Waals surface area contributed by atoms with Gasteiger partial charge in [-0.15, -0.1) is 0 Å². The van der Waals surface area contributed by atoms with E-state index in [1.165, 1.54) is 24.4 Å². The molecule has 2 rings (SSSR count). The van der Waals surface area contributed by atoms with Crippen molar-refractivity contribution in [1.29, 1.82) is 0 Å². The quantitative estimate of drug-likeness (QED) is 0.598. The standard InChI is InChI=1S/C19H20F4N4O3/c1-3-15(28)27-14-7-13(6-11(2)26-14)17(29)25-9-12-4-5-16(24-8-12)30-10-19(22,23)18(20)21/h4-8,18H,3,9-10H2,1-2H3,(H,25,29)(H,26,27,28). The molecule has 2 aromatic heterocycles. The van der Waals surface area contributed by atoms with Crippen LogP contribution < -0.4 is 15.4 Å². The monoisotopic (exact) mass is 428 g/mol. The summed E-state index contributed by atoms with van der Waals surface area (Å²) in [6.45, 7) is 1.94. The predicted molar refractivity (Wildman–Crippen MR) is 99.7 cm³/mol. The Kier molecular flexibility index (Phi) is 7.67. The molecule has 0 unspecified atom stereocenters. The van der Waals surface area contributed by atoms with Crippen molar-refractivity contribution in [2.24, 2.45) is 0 Å². The van der Waals surface area contributed by atoms with Crippen molar-refractivity contribution in [1.82, 2.24) is 15.3 Å². The first-order valence-corrected chi connectivity index (χ1v) is 8.91. The SMILES string of the molecule is CCC(=O)Nc1cc(C(=O)NCc2ccc(OCC(F)(F)C(F)F)nc2)cc(C)n1. The van der Waals surface area contributed by atoms with Gasteiger partial charge in [0.15, 0.2) is 6.61 Å². The smallest absolute Gasteiger partial charge is 0.340 e. The number of nitrogens with zero attached hydrogens (tertiary/aromatic N) is 2. The van der Waals surface area contributed by atoms with Crippen LogP contribution in [0.25, 0.3) is 0 Å². The summed E-state index contributed by atoms with van der Waals surface area (Å²) in [6, 6.07) is 5.68. The van der Waals surface area contributed by atoms with E-state index >= 15 is 0 Å². The number of aromatic nitrogens is 2. The van der Waals surface area contributed by atoms with Crippen molar-refractivity contribution in [3.8, 4) is 5.88 Å². The van der Waals surface area contributed by atoms with E-state index in [1.807, 2.05) is 0 Å². The van der Waals surface area contributed by atoms with Crippen LogP contribution in [0.15, 0.2) is 30.5 Å². The van der Waals surface area contributed by atoms with Crippen molar-refractivity contribution >= 4 is 17.6 Å². The molecule has 0 fully saturated rings. The zero-order valence-electron chi connectivity index (χ0n) is 16.2. The summed E-state index contributed by atoms with van der Waals surface area (Å²) in [5, 5.41) is 5.23. The molecule has 0 saturated heterocycles. The first-order chi connectivity index (χ1) is 14.1. The van der Waals surface area contributed by atoms with Gasteiger partial charge in [0.1, 0.15) is 5.82 Å². The molecule has 0 saturated carbocycles. The van der Waals surface area contributed by atoms with Crippen LogP contribution in [0.3, 0.4) is 0 Å². The maximum atomic E-state index is 12.9. The van der Waals surface area contributed by atoms with Gasteiger partial charge in [0, 0.05) is 36.5 Å². The van der Waals surface area contributed by atoms with E-state index in [2.05, 4.69) is 25.3 Å². The number of pyridine rings is 2. The van der Waals surface area contributed by atoms with Gasteiger partial charge in [0.05, 0.1) is 0 Å². The molecule has 0 bridgehead atoms. The lowest BCUT2D eigenvalue weighted by atomic mass is 10.2. The lowest BCUT2D eigenvalue weighted by Gasteiger charge is -2.15. The molecule has 0 aliphatic heterocycles. The predicted octanol–water partition coefficient (Wildman–Crippen LogP) is 3.34. The second-order valence-electron chi connectivity index (χ2n) is 6.32. The molecule has 11 heteroatoms. The maximum Gasteiger partial charge on any atom is 0.340 e. The van der Waals surface area contributed by atoms with Crippen molar-refractivity contribution in [3.63, 3.8) is 0 Å². The third-order valence-electron chi connectivity index (χ3n) is 3.79. The van der Waals surface area contributed by atoms with Crippen LogP contribution >= 0.6 is 0 Å². The van der Waals surface area contributed by atoms with E-state index in [0.717, 1.165) is 0 Å². The number of carbonyl (C=O) groups excluding carboxylic acids is 2. The molecule has 0 aliphatic carbocycles. The summed E-state index contributed by atoms with van der Waals surface area (Å²) in [7, 11) is 0. The minimum absolute atomic E-state index is 0.0668. The molecule has 0 atom stereocenters. The largest absolute Gasteiger partial charge is 0.471 e. The highest BCUT2D eigenvalue weighted by Gasteiger charge is 2.41. The van der Waals surface area contributed by atoms with Crippen molar-refractivity contribution in [3.05, 3.63) is 47.3 Å². The Bertz CT molecular complexity index is 892. The summed E-state index contributed by atoms with van der Waals surface area (Å²) >= 11 is 0. The molecule has 30 heavy (non-hydrogen) atoms. The minimum atomic E-state index is -4.27. The van der Waals surface area contributed by atoms with Gasteiger partial charge in [-0.05, 0) is 24.6 Å². The third kappa shape index (κ3) is 6.68. The van der Waals surface area contributed by atoms with Gasteiger partial charge in [0.25, 0.3) is 5.91 Å². The molecule has 162 valence electrons. The average Bonchev–Trinajstić information content (AvgIpc) is 2.70. The van der Waals surface area contributed by atoms with Gasteiger partial charge in [-0.1, -0.05) is 13.0 Å². The van der Waals surface area contributed by atoms with Gasteiger partial charge >= 0.3 is 12.3 Å². The summed E-state index contributed by atoms with van der Waals surface area (Å²) in [4.78, 5) is 31.8. The van der Waals surface area contributed by atoms with E-state index in [0.29, 0.717) is 11.3 Å². The molecule has 0 spiro atoms. The second kappa shape index (κ2) is 9.99. The fourth-order valence-electron chi connectivity index (χ4n) is 2.21. The van der Waals surface area contributed by atoms with Crippen LogP contribution in [0, 0.1) is 6.92 Å². The number of anilines is 1. The zero-order chi connectivity index (χ0) is 22.3. The van der Waals surface area contributed by atoms with Gasteiger partial charge in [-0.3, -0.25) is 9.59 Å². The number of carbonyl (C=O) groups is 2. The summed E-state index contributed by atoms with van der Waals surface area (Å²) in [6.07, 6.45) is -2.30. The molecule has 7 nitrogen and oxygen atoms in total. The van der Waals surface area contributed by atoms with Crippen LogP contribution in [-0.2, 0) is 11.3 Å². The Labute approximate surface area is 169 Å².